The van der Waals surface area contributed by atoms with Crippen molar-refractivity contribution in [2.24, 2.45) is 0 Å². The molecule has 2 N–H and O–H groups in total. The number of nitrogens with one attached hydrogen (secondary N) is 2. The van der Waals surface area contributed by atoms with Gasteiger partial charge in [-0.05, 0) is 36.4 Å². The molecular weight excluding hydrogens is 274 g/mol. The first-order valence-corrected chi connectivity index (χ1v) is 7.15. The lowest BCUT2D eigenvalue weighted by Crippen LogP contribution is -2.32. The highest BCUT2D eigenvalue weighted by Crippen LogP contribution is 2.10. The Morgan fingerprint density at radius 1 is 0.682 bits per heavy atom. The van der Waals surface area contributed by atoms with Crippen molar-refractivity contribution in [1.29, 1.82) is 0 Å². The van der Waals surface area contributed by atoms with Crippen LogP contribution in [0.2, 0.25) is 0 Å². The van der Waals surface area contributed by atoms with Crippen LogP contribution in [0.15, 0.2) is 73.2 Å². The van der Waals surface area contributed by atoms with Gasteiger partial charge in [0.2, 0.25) is 0 Å². The van der Waals surface area contributed by atoms with E-state index in [2.05, 4.69) is 25.6 Å². The molecule has 0 amide bonds. The number of hydrogen-bond donors (Lipinski definition) is 2. The molecule has 0 unspecified atom stereocenters. The third-order valence-corrected chi connectivity index (χ3v) is 3.11. The summed E-state index contributed by atoms with van der Waals surface area (Å²) in [5.41, 5.74) is 0.999. The van der Waals surface area contributed by atoms with Crippen molar-refractivity contribution < 1.29 is 0 Å². The predicted octanol–water partition coefficient (Wildman–Crippen LogP) is 2.96. The largest absolute Gasteiger partial charge is 0.350 e. The Kier molecular flexibility index (Phi) is 4.57. The number of nitrogens with zero attached hydrogens (tertiary/aromatic N) is 3. The van der Waals surface area contributed by atoms with E-state index < -0.39 is 0 Å². The molecule has 0 spiro atoms. The van der Waals surface area contributed by atoms with E-state index in [0.717, 1.165) is 17.3 Å². The average Bonchev–Trinajstić information content (AvgIpc) is 2.57. The number of rotatable bonds is 6. The molecule has 0 radical (unpaired) electrons. The van der Waals surface area contributed by atoms with E-state index >= 15 is 0 Å². The number of aromatic nitrogens is 3. The third kappa shape index (κ3) is 4.02. The van der Waals surface area contributed by atoms with Crippen molar-refractivity contribution in [2.45, 2.75) is 12.6 Å². The van der Waals surface area contributed by atoms with Gasteiger partial charge >= 0.3 is 0 Å². The Hall–Kier alpha value is -2.95. The average molecular weight is 291 g/mol. The fourth-order valence-corrected chi connectivity index (χ4v) is 2.12. The van der Waals surface area contributed by atoms with E-state index in [9.17, 15) is 0 Å². The molecule has 0 bridgehead atoms. The van der Waals surface area contributed by atoms with Gasteiger partial charge in [0.25, 0.3) is 0 Å². The molecule has 0 aliphatic rings. The molecule has 0 aliphatic carbocycles. The van der Waals surface area contributed by atoms with Gasteiger partial charge in [-0.1, -0.05) is 18.2 Å². The molecule has 5 heteroatoms. The summed E-state index contributed by atoms with van der Waals surface area (Å²) in [6, 6.07) is 17.5. The first kappa shape index (κ1) is 14.0. The zero-order chi connectivity index (χ0) is 15.0. The van der Waals surface area contributed by atoms with Crippen molar-refractivity contribution in [3.8, 4) is 0 Å². The molecule has 0 aromatic carbocycles. The van der Waals surface area contributed by atoms with E-state index in [1.807, 2.05) is 54.6 Å². The fraction of sp³-hybridized carbons (Fsp3) is 0.118. The lowest BCUT2D eigenvalue weighted by molar-refractivity contribution is 0.774. The molecule has 0 aliphatic heterocycles. The molecule has 0 fully saturated rings. The topological polar surface area (TPSA) is 62.7 Å². The maximum atomic E-state index is 4.38. The Morgan fingerprint density at radius 2 is 1.23 bits per heavy atom. The van der Waals surface area contributed by atoms with Crippen molar-refractivity contribution >= 4 is 11.6 Å². The van der Waals surface area contributed by atoms with Gasteiger partial charge in [-0.15, -0.1) is 0 Å². The second-order valence-corrected chi connectivity index (χ2v) is 4.80. The lowest BCUT2D eigenvalue weighted by Gasteiger charge is -2.21. The summed E-state index contributed by atoms with van der Waals surface area (Å²) < 4.78 is 0. The van der Waals surface area contributed by atoms with E-state index in [1.165, 1.54) is 0 Å². The molecule has 3 rings (SSSR count). The Morgan fingerprint density at radius 3 is 1.68 bits per heavy atom. The summed E-state index contributed by atoms with van der Waals surface area (Å²) in [6.45, 7) is 0. The maximum Gasteiger partial charge on any atom is 0.127 e. The molecule has 5 nitrogen and oxygen atoms in total. The number of hydrogen-bond acceptors (Lipinski definition) is 5. The lowest BCUT2D eigenvalue weighted by atomic mass is 10.2. The van der Waals surface area contributed by atoms with Crippen LogP contribution in [0.4, 0.5) is 11.6 Å². The summed E-state index contributed by atoms with van der Waals surface area (Å²) in [7, 11) is 0. The standard InChI is InChI=1S/C17H17N5/c1-4-10-18-14(7-1)13-17(21-15-8-2-5-11-19-15)22-16-9-3-6-12-20-16/h1-12,17H,13H2,(H,19,21)(H,20,22). The quantitative estimate of drug-likeness (QED) is 0.684. The normalized spacial score (nSPS) is 10.4. The van der Waals surface area contributed by atoms with Crippen molar-refractivity contribution in [2.75, 3.05) is 10.6 Å². The van der Waals surface area contributed by atoms with Crippen LogP contribution in [-0.2, 0) is 6.42 Å². The monoisotopic (exact) mass is 291 g/mol. The van der Waals surface area contributed by atoms with Crippen molar-refractivity contribution in [3.63, 3.8) is 0 Å². The van der Waals surface area contributed by atoms with Crippen LogP contribution in [-0.4, -0.2) is 21.1 Å². The van der Waals surface area contributed by atoms with E-state index in [4.69, 9.17) is 0 Å². The second-order valence-electron chi connectivity index (χ2n) is 4.80. The molecule has 0 saturated heterocycles. The van der Waals surface area contributed by atoms with Crippen LogP contribution >= 0.6 is 0 Å². The zero-order valence-corrected chi connectivity index (χ0v) is 12.1. The van der Waals surface area contributed by atoms with Crippen LogP contribution in [0.5, 0.6) is 0 Å². The number of pyridine rings is 3. The number of anilines is 2. The minimum Gasteiger partial charge on any atom is -0.350 e. The van der Waals surface area contributed by atoms with E-state index in [-0.39, 0.29) is 6.17 Å². The van der Waals surface area contributed by atoms with Gasteiger partial charge in [0.15, 0.2) is 0 Å². The van der Waals surface area contributed by atoms with E-state index in [1.54, 1.807) is 18.6 Å². The summed E-state index contributed by atoms with van der Waals surface area (Å²) in [5, 5.41) is 6.75. The minimum atomic E-state index is -0.0558. The molecule has 3 heterocycles. The first-order chi connectivity index (χ1) is 10.9. The van der Waals surface area contributed by atoms with Gasteiger partial charge in [-0.3, -0.25) is 4.98 Å². The van der Waals surface area contributed by atoms with Crippen LogP contribution in [0.1, 0.15) is 5.69 Å². The SMILES string of the molecule is c1ccc(CC(Nc2ccccn2)Nc2ccccn2)nc1. The molecule has 0 saturated carbocycles. The zero-order valence-electron chi connectivity index (χ0n) is 12.1. The van der Waals surface area contributed by atoms with Gasteiger partial charge in [0.05, 0.1) is 0 Å². The van der Waals surface area contributed by atoms with Gasteiger partial charge in [0, 0.05) is 30.7 Å². The Balaban J connectivity index is 1.75. The van der Waals surface area contributed by atoms with Crippen molar-refractivity contribution in [1.82, 2.24) is 15.0 Å². The van der Waals surface area contributed by atoms with Crippen LogP contribution < -0.4 is 10.6 Å². The predicted molar refractivity (Wildman–Crippen MR) is 87.4 cm³/mol. The third-order valence-electron chi connectivity index (χ3n) is 3.11. The fourth-order valence-electron chi connectivity index (χ4n) is 2.12. The van der Waals surface area contributed by atoms with Gasteiger partial charge in [0.1, 0.15) is 17.8 Å². The highest BCUT2D eigenvalue weighted by Gasteiger charge is 2.11. The van der Waals surface area contributed by atoms with Crippen molar-refractivity contribution in [3.05, 3.63) is 78.9 Å². The smallest absolute Gasteiger partial charge is 0.127 e. The Bertz CT molecular complexity index is 575. The maximum absolute atomic E-state index is 4.38. The van der Waals surface area contributed by atoms with E-state index in [0.29, 0.717) is 6.42 Å². The van der Waals surface area contributed by atoms with Crippen LogP contribution in [0.3, 0.4) is 0 Å². The summed E-state index contributed by atoms with van der Waals surface area (Å²) in [5.74, 6) is 1.62. The molecule has 110 valence electrons. The second kappa shape index (κ2) is 7.17. The molecule has 0 atom stereocenters. The van der Waals surface area contributed by atoms with Gasteiger partial charge in [-0.25, -0.2) is 9.97 Å². The summed E-state index contributed by atoms with van der Waals surface area (Å²) in [6.07, 6.45) is 5.99. The summed E-state index contributed by atoms with van der Waals surface area (Å²) >= 11 is 0. The molecular formula is C17H17N5. The summed E-state index contributed by atoms with van der Waals surface area (Å²) in [4.78, 5) is 13.0. The molecule has 3 aromatic rings. The minimum absolute atomic E-state index is 0.0558. The molecule has 3 aromatic heterocycles. The Labute approximate surface area is 129 Å². The highest BCUT2D eigenvalue weighted by atomic mass is 15.2. The van der Waals surface area contributed by atoms with Gasteiger partial charge in [-0.2, -0.15) is 0 Å². The van der Waals surface area contributed by atoms with Crippen LogP contribution in [0.25, 0.3) is 0 Å². The first-order valence-electron chi connectivity index (χ1n) is 7.15. The van der Waals surface area contributed by atoms with Crippen LogP contribution in [0, 0.1) is 0 Å². The van der Waals surface area contributed by atoms with Gasteiger partial charge < -0.3 is 10.6 Å². The molecule has 22 heavy (non-hydrogen) atoms. The highest BCUT2D eigenvalue weighted by molar-refractivity contribution is 5.41.